The molecule has 0 saturated heterocycles. The highest BCUT2D eigenvalue weighted by Crippen LogP contribution is 2.37. The molecule has 0 amide bonds. The van der Waals surface area contributed by atoms with E-state index in [1.165, 1.54) is 22.3 Å². The zero-order valence-electron chi connectivity index (χ0n) is 18.9. The molecule has 2 aromatic carbocycles. The highest BCUT2D eigenvalue weighted by Gasteiger charge is 2.19. The fourth-order valence-corrected chi connectivity index (χ4v) is 4.16. The Morgan fingerprint density at radius 3 is 2.59 bits per heavy atom. The second-order valence-electron chi connectivity index (χ2n) is 8.63. The summed E-state index contributed by atoms with van der Waals surface area (Å²) in [5, 5.41) is 3.18. The number of nitrogens with zero attached hydrogens (tertiary/aromatic N) is 2. The minimum absolute atomic E-state index is 0.0862. The van der Waals surface area contributed by atoms with Gasteiger partial charge in [-0.3, -0.25) is 4.99 Å². The minimum atomic E-state index is -0.0862. The van der Waals surface area contributed by atoms with E-state index in [0.29, 0.717) is 19.0 Å². The number of aromatic nitrogens is 2. The van der Waals surface area contributed by atoms with Crippen molar-refractivity contribution in [3.63, 3.8) is 0 Å². The molecule has 1 heterocycles. The van der Waals surface area contributed by atoms with Crippen LogP contribution in [0.3, 0.4) is 0 Å². The smallest absolute Gasteiger partial charge is 0.123 e. The van der Waals surface area contributed by atoms with Gasteiger partial charge < -0.3 is 21.8 Å². The Balaban J connectivity index is 1.61. The summed E-state index contributed by atoms with van der Waals surface area (Å²) in [5.74, 6) is 1.17. The second-order valence-corrected chi connectivity index (χ2v) is 8.63. The molecule has 0 fully saturated rings. The normalized spacial score (nSPS) is 14.1. The van der Waals surface area contributed by atoms with Crippen molar-refractivity contribution in [2.75, 3.05) is 13.1 Å². The number of hydrogen-bond donors (Lipinski definition) is 4. The Labute approximate surface area is 189 Å². The van der Waals surface area contributed by atoms with E-state index in [1.54, 1.807) is 0 Å². The van der Waals surface area contributed by atoms with Gasteiger partial charge in [0, 0.05) is 24.9 Å². The van der Waals surface area contributed by atoms with Crippen molar-refractivity contribution in [1.82, 2.24) is 15.3 Å². The maximum Gasteiger partial charge on any atom is 0.123 e. The van der Waals surface area contributed by atoms with Crippen LogP contribution in [0.2, 0.25) is 0 Å². The second kappa shape index (κ2) is 9.51. The van der Waals surface area contributed by atoms with Crippen LogP contribution in [0.5, 0.6) is 0 Å². The quantitative estimate of drug-likeness (QED) is 0.321. The Morgan fingerprint density at radius 2 is 1.91 bits per heavy atom. The number of benzene rings is 2. The van der Waals surface area contributed by atoms with Gasteiger partial charge in [-0.15, -0.1) is 0 Å². The molecule has 1 aromatic heterocycles. The molecule has 0 aliphatic heterocycles. The summed E-state index contributed by atoms with van der Waals surface area (Å²) in [6.07, 6.45) is 5.76. The van der Waals surface area contributed by atoms with Crippen molar-refractivity contribution >= 4 is 12.4 Å². The van der Waals surface area contributed by atoms with Crippen molar-refractivity contribution in [1.29, 1.82) is 0 Å². The van der Waals surface area contributed by atoms with Crippen LogP contribution in [-0.4, -0.2) is 29.8 Å². The number of aliphatic imine (C=N–C) groups is 1. The summed E-state index contributed by atoms with van der Waals surface area (Å²) in [6, 6.07) is 13.1. The number of aromatic amines is 1. The molecule has 0 bridgehead atoms. The largest absolute Gasteiger partial charge is 0.388 e. The first-order chi connectivity index (χ1) is 15.5. The highest BCUT2D eigenvalue weighted by atomic mass is 15.0. The first kappa shape index (κ1) is 22.0. The van der Waals surface area contributed by atoms with Gasteiger partial charge in [0.2, 0.25) is 0 Å². The number of hydrogen-bond acceptors (Lipinski definition) is 5. The van der Waals surface area contributed by atoms with E-state index >= 15 is 0 Å². The SMILES string of the molecule is C=N/C(=C\NCCN)c1ccc2c(c1)CCc1cc(-c3cnc(C(N)C(C)C)[nH]3)ccc1-2. The maximum absolute atomic E-state index is 6.25. The topological polar surface area (TPSA) is 105 Å². The fourth-order valence-electron chi connectivity index (χ4n) is 4.16. The van der Waals surface area contributed by atoms with E-state index < -0.39 is 0 Å². The molecule has 166 valence electrons. The van der Waals surface area contributed by atoms with Gasteiger partial charge in [0.05, 0.1) is 23.6 Å². The number of nitrogens with one attached hydrogen (secondary N) is 2. The highest BCUT2D eigenvalue weighted by molar-refractivity contribution is 5.79. The Kier molecular flexibility index (Phi) is 6.53. The van der Waals surface area contributed by atoms with E-state index in [0.717, 1.165) is 41.2 Å². The van der Waals surface area contributed by atoms with Crippen LogP contribution < -0.4 is 16.8 Å². The van der Waals surface area contributed by atoms with E-state index in [2.05, 4.69) is 77.2 Å². The number of H-pyrrole nitrogens is 1. The molecule has 0 saturated carbocycles. The number of aryl methyl sites for hydroxylation is 2. The molecule has 6 heteroatoms. The molecular formula is C26H32N6. The van der Waals surface area contributed by atoms with Crippen LogP contribution in [-0.2, 0) is 12.8 Å². The summed E-state index contributed by atoms with van der Waals surface area (Å²) >= 11 is 0. The van der Waals surface area contributed by atoms with Crippen molar-refractivity contribution in [2.45, 2.75) is 32.7 Å². The number of fused-ring (bicyclic) bond motifs is 3. The van der Waals surface area contributed by atoms with Crippen LogP contribution in [0.4, 0.5) is 0 Å². The summed E-state index contributed by atoms with van der Waals surface area (Å²) in [4.78, 5) is 12.1. The van der Waals surface area contributed by atoms with Gasteiger partial charge in [-0.1, -0.05) is 38.1 Å². The van der Waals surface area contributed by atoms with Gasteiger partial charge in [-0.2, -0.15) is 0 Å². The molecule has 1 unspecified atom stereocenters. The Bertz CT molecular complexity index is 1140. The van der Waals surface area contributed by atoms with Gasteiger partial charge in [0.1, 0.15) is 5.82 Å². The lowest BCUT2D eigenvalue weighted by Gasteiger charge is -2.21. The predicted molar refractivity (Wildman–Crippen MR) is 133 cm³/mol. The molecule has 3 aromatic rings. The fraction of sp³-hybridized carbons (Fsp3) is 0.308. The van der Waals surface area contributed by atoms with E-state index in [9.17, 15) is 0 Å². The lowest BCUT2D eigenvalue weighted by Crippen LogP contribution is -2.18. The molecule has 1 aliphatic carbocycles. The van der Waals surface area contributed by atoms with Crippen LogP contribution in [0.1, 0.15) is 42.4 Å². The van der Waals surface area contributed by atoms with Crippen molar-refractivity contribution < 1.29 is 0 Å². The van der Waals surface area contributed by atoms with Crippen LogP contribution in [0, 0.1) is 5.92 Å². The number of imidazole rings is 1. The molecule has 6 nitrogen and oxygen atoms in total. The molecule has 1 aliphatic rings. The molecule has 0 radical (unpaired) electrons. The predicted octanol–water partition coefficient (Wildman–Crippen LogP) is 4.05. The van der Waals surface area contributed by atoms with Gasteiger partial charge in [-0.05, 0) is 65.4 Å². The zero-order valence-corrected chi connectivity index (χ0v) is 18.9. The lowest BCUT2D eigenvalue weighted by atomic mass is 9.83. The maximum atomic E-state index is 6.25. The van der Waals surface area contributed by atoms with Crippen LogP contribution >= 0.6 is 0 Å². The molecule has 6 N–H and O–H groups in total. The summed E-state index contributed by atoms with van der Waals surface area (Å²) < 4.78 is 0. The number of nitrogens with two attached hydrogens (primary N) is 2. The van der Waals surface area contributed by atoms with E-state index in [4.69, 9.17) is 11.5 Å². The number of rotatable bonds is 8. The first-order valence-corrected chi connectivity index (χ1v) is 11.2. The Hall–Kier alpha value is -3.22. The standard InChI is InChI=1S/C26H32N6/c1-16(2)25(28)26-31-15-24(32-26)20-7-9-22-18(13-20)5-4-17-12-19(6-8-21(17)22)23(29-3)14-30-11-10-27/h6-9,12-16,25,30H,3-5,10-11,27-28H2,1-2H3,(H,31,32)/b23-14-. The van der Waals surface area contributed by atoms with Crippen LogP contribution in [0.25, 0.3) is 28.1 Å². The van der Waals surface area contributed by atoms with Gasteiger partial charge in [0.25, 0.3) is 0 Å². The van der Waals surface area contributed by atoms with Gasteiger partial charge >= 0.3 is 0 Å². The third-order valence-electron chi connectivity index (χ3n) is 6.10. The molecule has 32 heavy (non-hydrogen) atoms. The first-order valence-electron chi connectivity index (χ1n) is 11.2. The third kappa shape index (κ3) is 4.38. The van der Waals surface area contributed by atoms with Crippen molar-refractivity contribution in [3.8, 4) is 22.4 Å². The third-order valence-corrected chi connectivity index (χ3v) is 6.10. The van der Waals surface area contributed by atoms with Crippen LogP contribution in [0.15, 0.2) is 53.8 Å². The summed E-state index contributed by atoms with van der Waals surface area (Å²) in [6.45, 7) is 9.22. The van der Waals surface area contributed by atoms with Crippen molar-refractivity contribution in [2.24, 2.45) is 22.4 Å². The summed E-state index contributed by atoms with van der Waals surface area (Å²) in [7, 11) is 0. The molecule has 1 atom stereocenters. The zero-order chi connectivity index (χ0) is 22.7. The average molecular weight is 429 g/mol. The summed E-state index contributed by atoms with van der Waals surface area (Å²) in [5.41, 5.74) is 21.1. The van der Waals surface area contributed by atoms with E-state index in [1.807, 2.05) is 12.4 Å². The van der Waals surface area contributed by atoms with Crippen molar-refractivity contribution in [3.05, 3.63) is 71.3 Å². The molecular weight excluding hydrogens is 396 g/mol. The van der Waals surface area contributed by atoms with E-state index in [-0.39, 0.29) is 6.04 Å². The Morgan fingerprint density at radius 1 is 1.19 bits per heavy atom. The lowest BCUT2D eigenvalue weighted by molar-refractivity contribution is 0.494. The average Bonchev–Trinajstić information content (AvgIpc) is 3.30. The van der Waals surface area contributed by atoms with Gasteiger partial charge in [-0.25, -0.2) is 4.98 Å². The minimum Gasteiger partial charge on any atom is -0.388 e. The molecule has 4 rings (SSSR count). The van der Waals surface area contributed by atoms with Gasteiger partial charge in [0.15, 0.2) is 0 Å². The monoisotopic (exact) mass is 428 g/mol. The molecule has 0 spiro atoms.